The molecule has 0 aromatic carbocycles. The predicted molar refractivity (Wildman–Crippen MR) is 62.5 cm³/mol. The van der Waals surface area contributed by atoms with Gasteiger partial charge in [-0.15, -0.1) is 0 Å². The van der Waals surface area contributed by atoms with E-state index in [0.29, 0.717) is 6.54 Å². The van der Waals surface area contributed by atoms with Gasteiger partial charge >= 0.3 is 5.82 Å². The van der Waals surface area contributed by atoms with Gasteiger partial charge in [-0.2, -0.15) is 0 Å². The fraction of sp³-hybridized carbons (Fsp3) is 0.0909. The summed E-state index contributed by atoms with van der Waals surface area (Å²) in [5.41, 5.74) is 1.62. The van der Waals surface area contributed by atoms with E-state index in [1.54, 1.807) is 12.3 Å². The zero-order valence-corrected chi connectivity index (χ0v) is 8.91. The molecule has 17 heavy (non-hydrogen) atoms. The highest BCUT2D eigenvalue weighted by Crippen LogP contribution is 2.11. The minimum absolute atomic E-state index is 0.159. The molecule has 2 aromatic heterocycles. The highest BCUT2D eigenvalue weighted by Gasteiger charge is 2.05. The van der Waals surface area contributed by atoms with Crippen LogP contribution in [0, 0.1) is 10.1 Å². The topological polar surface area (TPSA) is 81.0 Å². The lowest BCUT2D eigenvalue weighted by Gasteiger charge is -2.03. The van der Waals surface area contributed by atoms with Crippen molar-refractivity contribution in [1.29, 1.82) is 0 Å². The van der Waals surface area contributed by atoms with Crippen molar-refractivity contribution < 1.29 is 4.92 Å². The first kappa shape index (κ1) is 11.0. The average molecular weight is 230 g/mol. The molecule has 2 heterocycles. The van der Waals surface area contributed by atoms with Gasteiger partial charge in [0.15, 0.2) is 6.20 Å². The van der Waals surface area contributed by atoms with Crippen LogP contribution in [0.25, 0.3) is 0 Å². The second-order valence-electron chi connectivity index (χ2n) is 3.34. The lowest BCUT2D eigenvalue weighted by molar-refractivity contribution is -0.389. The van der Waals surface area contributed by atoms with Crippen LogP contribution < -0.4 is 5.32 Å². The molecule has 0 unspecified atom stereocenters. The zero-order chi connectivity index (χ0) is 12.1. The first-order chi connectivity index (χ1) is 8.25. The van der Waals surface area contributed by atoms with E-state index in [2.05, 4.69) is 15.3 Å². The molecule has 0 bridgehead atoms. The fourth-order valence-corrected chi connectivity index (χ4v) is 1.29. The Morgan fingerprint density at radius 2 is 2.12 bits per heavy atom. The second kappa shape index (κ2) is 5.02. The fourth-order valence-electron chi connectivity index (χ4n) is 1.29. The van der Waals surface area contributed by atoms with Crippen molar-refractivity contribution in [2.75, 3.05) is 5.32 Å². The summed E-state index contributed by atoms with van der Waals surface area (Å²) in [6.45, 7) is 0.556. The van der Waals surface area contributed by atoms with Crippen molar-refractivity contribution in [3.8, 4) is 0 Å². The summed E-state index contributed by atoms with van der Waals surface area (Å²) in [5, 5.41) is 13.5. The van der Waals surface area contributed by atoms with Crippen LogP contribution in [-0.2, 0) is 6.54 Å². The van der Waals surface area contributed by atoms with Crippen LogP contribution in [0.5, 0.6) is 0 Å². The molecule has 2 aromatic rings. The van der Waals surface area contributed by atoms with Gasteiger partial charge in [0.05, 0.1) is 17.9 Å². The van der Waals surface area contributed by atoms with Crippen molar-refractivity contribution >= 4 is 11.5 Å². The van der Waals surface area contributed by atoms with Gasteiger partial charge in [0.1, 0.15) is 0 Å². The molecule has 0 spiro atoms. The quantitative estimate of drug-likeness (QED) is 0.641. The largest absolute Gasteiger partial charge is 0.376 e. The van der Waals surface area contributed by atoms with Gasteiger partial charge in [-0.3, -0.25) is 4.98 Å². The summed E-state index contributed by atoms with van der Waals surface area (Å²) in [6.07, 6.45) is 3.15. The third-order valence-electron chi connectivity index (χ3n) is 2.13. The molecule has 0 saturated heterocycles. The minimum atomic E-state index is -0.525. The maximum atomic E-state index is 10.4. The van der Waals surface area contributed by atoms with Gasteiger partial charge in [0.2, 0.25) is 0 Å². The first-order valence-electron chi connectivity index (χ1n) is 5.00. The van der Waals surface area contributed by atoms with Crippen molar-refractivity contribution in [2.24, 2.45) is 0 Å². The molecule has 6 heteroatoms. The summed E-state index contributed by atoms with van der Waals surface area (Å²) in [4.78, 5) is 17.7. The lowest BCUT2D eigenvalue weighted by atomic mass is 10.3. The van der Waals surface area contributed by atoms with Gasteiger partial charge in [0.25, 0.3) is 0 Å². The number of rotatable bonds is 4. The van der Waals surface area contributed by atoms with Crippen molar-refractivity contribution in [3.05, 3.63) is 58.5 Å². The Bertz CT molecular complexity index is 499. The molecule has 0 aliphatic carbocycles. The van der Waals surface area contributed by atoms with Gasteiger partial charge in [-0.05, 0) is 28.1 Å². The number of nitro groups is 1. The Hall–Kier alpha value is -2.50. The van der Waals surface area contributed by atoms with Crippen LogP contribution in [0.1, 0.15) is 5.69 Å². The molecule has 0 radical (unpaired) electrons. The highest BCUT2D eigenvalue weighted by atomic mass is 16.6. The molecule has 86 valence electrons. The normalized spacial score (nSPS) is 9.88. The third-order valence-corrected chi connectivity index (χ3v) is 2.13. The van der Waals surface area contributed by atoms with Crippen LogP contribution in [0.15, 0.2) is 42.7 Å². The van der Waals surface area contributed by atoms with E-state index < -0.39 is 4.92 Å². The van der Waals surface area contributed by atoms with E-state index >= 15 is 0 Å². The molecule has 0 aliphatic heterocycles. The lowest BCUT2D eigenvalue weighted by Crippen LogP contribution is -2.01. The van der Waals surface area contributed by atoms with Gasteiger partial charge in [0, 0.05) is 12.3 Å². The van der Waals surface area contributed by atoms with Crippen LogP contribution in [0.2, 0.25) is 0 Å². The minimum Gasteiger partial charge on any atom is -0.376 e. The molecule has 0 fully saturated rings. The highest BCUT2D eigenvalue weighted by molar-refractivity contribution is 5.43. The van der Waals surface area contributed by atoms with E-state index in [0.717, 1.165) is 11.4 Å². The molecule has 0 atom stereocenters. The van der Waals surface area contributed by atoms with Crippen molar-refractivity contribution in [2.45, 2.75) is 6.54 Å². The summed E-state index contributed by atoms with van der Waals surface area (Å²) < 4.78 is 0. The Labute approximate surface area is 97.5 Å². The monoisotopic (exact) mass is 230 g/mol. The standard InChI is InChI=1S/C11H10N4O2/c16-15(17)11-5-4-10(8-14-11)13-7-9-3-1-2-6-12-9/h1-6,8,13H,7H2. The zero-order valence-electron chi connectivity index (χ0n) is 8.91. The Balaban J connectivity index is 1.98. The third kappa shape index (κ3) is 2.97. The predicted octanol–water partition coefficient (Wildman–Crippen LogP) is 2.00. The number of nitrogens with zero attached hydrogens (tertiary/aromatic N) is 3. The number of nitrogens with one attached hydrogen (secondary N) is 1. The summed E-state index contributed by atoms with van der Waals surface area (Å²) in [5.74, 6) is -0.159. The van der Waals surface area contributed by atoms with E-state index in [9.17, 15) is 10.1 Å². The maximum Gasteiger partial charge on any atom is 0.363 e. The summed E-state index contributed by atoms with van der Waals surface area (Å²) >= 11 is 0. The average Bonchev–Trinajstić information content (AvgIpc) is 2.38. The smallest absolute Gasteiger partial charge is 0.363 e. The SMILES string of the molecule is O=[N+]([O-])c1ccc(NCc2ccccn2)cn1. The summed E-state index contributed by atoms with van der Waals surface area (Å²) in [6, 6.07) is 8.62. The molecule has 2 rings (SSSR count). The molecule has 0 saturated carbocycles. The van der Waals surface area contributed by atoms with E-state index in [1.807, 2.05) is 18.2 Å². The van der Waals surface area contributed by atoms with Gasteiger partial charge in [-0.25, -0.2) is 0 Å². The summed E-state index contributed by atoms with van der Waals surface area (Å²) in [7, 11) is 0. The van der Waals surface area contributed by atoms with Crippen molar-refractivity contribution in [1.82, 2.24) is 9.97 Å². The molecule has 0 amide bonds. The first-order valence-corrected chi connectivity index (χ1v) is 5.00. The van der Waals surface area contributed by atoms with Crippen LogP contribution in [0.4, 0.5) is 11.5 Å². The molecule has 1 N–H and O–H groups in total. The van der Waals surface area contributed by atoms with E-state index in [-0.39, 0.29) is 5.82 Å². The maximum absolute atomic E-state index is 10.4. The van der Waals surface area contributed by atoms with E-state index in [4.69, 9.17) is 0 Å². The molecular formula is C11H10N4O2. The van der Waals surface area contributed by atoms with Gasteiger partial charge < -0.3 is 15.4 Å². The van der Waals surface area contributed by atoms with Crippen LogP contribution in [-0.4, -0.2) is 14.9 Å². The number of hydrogen-bond acceptors (Lipinski definition) is 5. The Kier molecular flexibility index (Phi) is 3.25. The van der Waals surface area contributed by atoms with Crippen LogP contribution in [0.3, 0.4) is 0 Å². The second-order valence-corrected chi connectivity index (χ2v) is 3.34. The van der Waals surface area contributed by atoms with Crippen molar-refractivity contribution in [3.63, 3.8) is 0 Å². The van der Waals surface area contributed by atoms with Gasteiger partial charge in [-0.1, -0.05) is 6.07 Å². The number of pyridine rings is 2. The Morgan fingerprint density at radius 3 is 2.71 bits per heavy atom. The number of aromatic nitrogens is 2. The molecular weight excluding hydrogens is 220 g/mol. The number of anilines is 1. The molecule has 0 aliphatic rings. The molecule has 6 nitrogen and oxygen atoms in total. The number of hydrogen-bond donors (Lipinski definition) is 1. The van der Waals surface area contributed by atoms with Crippen LogP contribution >= 0.6 is 0 Å². The van der Waals surface area contributed by atoms with E-state index in [1.165, 1.54) is 12.3 Å². The Morgan fingerprint density at radius 1 is 1.24 bits per heavy atom.